The van der Waals surface area contributed by atoms with E-state index >= 15 is 0 Å². The highest BCUT2D eigenvalue weighted by molar-refractivity contribution is 7.89. The highest BCUT2D eigenvalue weighted by Gasteiger charge is 2.29. The van der Waals surface area contributed by atoms with Gasteiger partial charge in [-0.05, 0) is 60.9 Å². The molecule has 1 N–H and O–H groups in total. The highest BCUT2D eigenvalue weighted by Crippen LogP contribution is 2.28. The number of ether oxygens (including phenoxy) is 1. The minimum absolute atomic E-state index is 0.0346. The first-order valence-corrected chi connectivity index (χ1v) is 11.9. The van der Waals surface area contributed by atoms with E-state index in [0.717, 1.165) is 11.1 Å². The second-order valence-electron chi connectivity index (χ2n) is 7.28. The standard InChI is InChI=1S/C24H25ClN2O4S/c1-18-8-13-22(31-2)23(16-18)32(29,30)27(15-14-19-6-4-3-5-7-19)17-24(28)26-21-11-9-20(25)10-12-21/h3-13,16H,14-15,17H2,1-2H3,(H,26,28). The normalized spacial score (nSPS) is 11.4. The van der Waals surface area contributed by atoms with Gasteiger partial charge in [-0.15, -0.1) is 0 Å². The number of aryl methyl sites for hydroxylation is 1. The number of carbonyl (C=O) groups is 1. The quantitative estimate of drug-likeness (QED) is 0.496. The zero-order chi connectivity index (χ0) is 23.1. The van der Waals surface area contributed by atoms with Crippen LogP contribution in [0.3, 0.4) is 0 Å². The number of hydrogen-bond acceptors (Lipinski definition) is 4. The molecule has 0 spiro atoms. The van der Waals surface area contributed by atoms with Crippen LogP contribution in [-0.2, 0) is 21.2 Å². The van der Waals surface area contributed by atoms with Gasteiger partial charge in [-0.1, -0.05) is 48.0 Å². The molecule has 0 aliphatic rings. The summed E-state index contributed by atoms with van der Waals surface area (Å²) in [6.07, 6.45) is 0.461. The van der Waals surface area contributed by atoms with Gasteiger partial charge < -0.3 is 10.1 Å². The Labute approximate surface area is 193 Å². The topological polar surface area (TPSA) is 75.7 Å². The number of carbonyl (C=O) groups excluding carboxylic acids is 1. The Morgan fingerprint density at radius 2 is 1.72 bits per heavy atom. The summed E-state index contributed by atoms with van der Waals surface area (Å²) < 4.78 is 33.6. The van der Waals surface area contributed by atoms with Crippen LogP contribution < -0.4 is 10.1 Å². The van der Waals surface area contributed by atoms with Crippen LogP contribution in [0.5, 0.6) is 5.75 Å². The summed E-state index contributed by atoms with van der Waals surface area (Å²) in [4.78, 5) is 12.8. The van der Waals surface area contributed by atoms with E-state index < -0.39 is 15.9 Å². The van der Waals surface area contributed by atoms with Crippen LogP contribution in [0.1, 0.15) is 11.1 Å². The van der Waals surface area contributed by atoms with E-state index in [4.69, 9.17) is 16.3 Å². The highest BCUT2D eigenvalue weighted by atomic mass is 35.5. The van der Waals surface area contributed by atoms with Crippen LogP contribution in [0.25, 0.3) is 0 Å². The van der Waals surface area contributed by atoms with Crippen molar-refractivity contribution in [2.45, 2.75) is 18.2 Å². The maximum Gasteiger partial charge on any atom is 0.247 e. The van der Waals surface area contributed by atoms with Gasteiger partial charge in [-0.3, -0.25) is 4.79 Å². The average molecular weight is 473 g/mol. The van der Waals surface area contributed by atoms with Crippen molar-refractivity contribution in [2.24, 2.45) is 0 Å². The van der Waals surface area contributed by atoms with E-state index in [1.165, 1.54) is 11.4 Å². The van der Waals surface area contributed by atoms with Gasteiger partial charge >= 0.3 is 0 Å². The Morgan fingerprint density at radius 1 is 1.03 bits per heavy atom. The number of methoxy groups -OCH3 is 1. The van der Waals surface area contributed by atoms with Crippen molar-refractivity contribution in [1.29, 1.82) is 0 Å². The van der Waals surface area contributed by atoms with Gasteiger partial charge in [0.2, 0.25) is 15.9 Å². The van der Waals surface area contributed by atoms with E-state index in [-0.39, 0.29) is 23.7 Å². The largest absolute Gasteiger partial charge is 0.495 e. The molecule has 0 unspecified atom stereocenters. The third-order valence-electron chi connectivity index (χ3n) is 4.88. The van der Waals surface area contributed by atoms with Gasteiger partial charge in [-0.2, -0.15) is 4.31 Å². The number of halogens is 1. The van der Waals surface area contributed by atoms with Crippen molar-refractivity contribution >= 4 is 33.2 Å². The molecule has 6 nitrogen and oxygen atoms in total. The van der Waals surface area contributed by atoms with E-state index in [1.807, 2.05) is 30.3 Å². The Balaban J connectivity index is 1.88. The van der Waals surface area contributed by atoms with Gasteiger partial charge in [-0.25, -0.2) is 8.42 Å². The first-order chi connectivity index (χ1) is 15.3. The molecule has 168 valence electrons. The summed E-state index contributed by atoms with van der Waals surface area (Å²) in [6.45, 7) is 1.60. The molecule has 0 aliphatic heterocycles. The maximum atomic E-state index is 13.6. The van der Waals surface area contributed by atoms with Crippen molar-refractivity contribution in [2.75, 3.05) is 25.5 Å². The first-order valence-electron chi connectivity index (χ1n) is 10.0. The van der Waals surface area contributed by atoms with Crippen LogP contribution in [0.15, 0.2) is 77.7 Å². The fraction of sp³-hybridized carbons (Fsp3) is 0.208. The monoisotopic (exact) mass is 472 g/mol. The summed E-state index contributed by atoms with van der Waals surface area (Å²) in [6, 6.07) is 21.1. The second-order valence-corrected chi connectivity index (χ2v) is 9.63. The van der Waals surface area contributed by atoms with Crippen LogP contribution in [0, 0.1) is 6.92 Å². The van der Waals surface area contributed by atoms with Crippen LogP contribution in [0.2, 0.25) is 5.02 Å². The molecule has 8 heteroatoms. The van der Waals surface area contributed by atoms with Crippen molar-refractivity contribution in [3.63, 3.8) is 0 Å². The average Bonchev–Trinajstić information content (AvgIpc) is 2.78. The summed E-state index contributed by atoms with van der Waals surface area (Å²) in [5, 5.41) is 3.27. The molecule has 0 aromatic heterocycles. The summed E-state index contributed by atoms with van der Waals surface area (Å²) in [5.41, 5.74) is 2.29. The predicted molar refractivity (Wildman–Crippen MR) is 127 cm³/mol. The molecule has 3 rings (SSSR count). The minimum atomic E-state index is -4.00. The van der Waals surface area contributed by atoms with E-state index in [2.05, 4.69) is 5.32 Å². The van der Waals surface area contributed by atoms with E-state index in [1.54, 1.807) is 49.4 Å². The first kappa shape index (κ1) is 23.8. The van der Waals surface area contributed by atoms with Crippen LogP contribution >= 0.6 is 11.6 Å². The lowest BCUT2D eigenvalue weighted by Gasteiger charge is -2.23. The van der Waals surface area contributed by atoms with E-state index in [0.29, 0.717) is 17.1 Å². The summed E-state index contributed by atoms with van der Waals surface area (Å²) >= 11 is 5.89. The Hall–Kier alpha value is -2.87. The number of anilines is 1. The molecule has 32 heavy (non-hydrogen) atoms. The molecule has 0 aliphatic carbocycles. The lowest BCUT2D eigenvalue weighted by atomic mass is 10.1. The zero-order valence-corrected chi connectivity index (χ0v) is 19.5. The number of benzene rings is 3. The minimum Gasteiger partial charge on any atom is -0.495 e. The molecule has 0 fully saturated rings. The molecule has 0 radical (unpaired) electrons. The summed E-state index contributed by atoms with van der Waals surface area (Å²) in [5.74, 6) is -0.214. The van der Waals surface area contributed by atoms with Crippen molar-refractivity contribution in [1.82, 2.24) is 4.31 Å². The van der Waals surface area contributed by atoms with Crippen molar-refractivity contribution in [3.8, 4) is 5.75 Å². The van der Waals surface area contributed by atoms with E-state index in [9.17, 15) is 13.2 Å². The third-order valence-corrected chi connectivity index (χ3v) is 7.00. The Bertz CT molecular complexity index is 1170. The number of hydrogen-bond donors (Lipinski definition) is 1. The van der Waals surface area contributed by atoms with Gasteiger partial charge in [0.25, 0.3) is 0 Å². The van der Waals surface area contributed by atoms with Crippen molar-refractivity contribution in [3.05, 3.63) is 88.9 Å². The maximum absolute atomic E-state index is 13.6. The van der Waals surface area contributed by atoms with Gasteiger partial charge in [0, 0.05) is 17.3 Å². The molecular formula is C24H25ClN2O4S. The summed E-state index contributed by atoms with van der Waals surface area (Å²) in [7, 11) is -2.58. The SMILES string of the molecule is COc1ccc(C)cc1S(=O)(=O)N(CCc1ccccc1)CC(=O)Nc1ccc(Cl)cc1. The Kier molecular flexibility index (Phi) is 7.90. The van der Waals surface area contributed by atoms with Crippen LogP contribution in [0.4, 0.5) is 5.69 Å². The molecule has 0 bridgehead atoms. The fourth-order valence-electron chi connectivity index (χ4n) is 3.20. The van der Waals surface area contributed by atoms with Gasteiger partial charge in [0.05, 0.1) is 13.7 Å². The zero-order valence-electron chi connectivity index (χ0n) is 17.9. The number of nitrogens with one attached hydrogen (secondary N) is 1. The number of sulfonamides is 1. The molecule has 0 saturated carbocycles. The molecule has 3 aromatic rings. The predicted octanol–water partition coefficient (Wildman–Crippen LogP) is 4.53. The number of amides is 1. The molecular weight excluding hydrogens is 448 g/mol. The fourth-order valence-corrected chi connectivity index (χ4v) is 4.96. The molecule has 3 aromatic carbocycles. The lowest BCUT2D eigenvalue weighted by Crippen LogP contribution is -2.39. The number of rotatable bonds is 9. The molecule has 0 atom stereocenters. The van der Waals surface area contributed by atoms with Gasteiger partial charge in [0.1, 0.15) is 10.6 Å². The van der Waals surface area contributed by atoms with Crippen LogP contribution in [-0.4, -0.2) is 38.8 Å². The molecule has 0 heterocycles. The van der Waals surface area contributed by atoms with Crippen molar-refractivity contribution < 1.29 is 17.9 Å². The van der Waals surface area contributed by atoms with Gasteiger partial charge in [0.15, 0.2) is 0 Å². The third kappa shape index (κ3) is 6.09. The smallest absolute Gasteiger partial charge is 0.247 e. The number of nitrogens with zero attached hydrogens (tertiary/aromatic N) is 1. The Morgan fingerprint density at radius 3 is 2.38 bits per heavy atom. The second kappa shape index (κ2) is 10.6. The molecule has 1 amide bonds. The lowest BCUT2D eigenvalue weighted by molar-refractivity contribution is -0.116. The molecule has 0 saturated heterocycles.